The van der Waals surface area contributed by atoms with Gasteiger partial charge in [-0.3, -0.25) is 4.79 Å². The molecule has 0 saturated carbocycles. The monoisotopic (exact) mass is 191 g/mol. The first-order valence-corrected chi connectivity index (χ1v) is 4.33. The van der Waals surface area contributed by atoms with Gasteiger partial charge in [-0.05, 0) is 17.5 Å². The zero-order valence-corrected chi connectivity index (χ0v) is 7.81. The van der Waals surface area contributed by atoms with Gasteiger partial charge in [0, 0.05) is 0 Å². The lowest BCUT2D eigenvalue weighted by molar-refractivity contribution is -0.138. The first-order valence-electron chi connectivity index (χ1n) is 4.33. The second-order valence-corrected chi connectivity index (χ2v) is 3.09. The van der Waals surface area contributed by atoms with Crippen LogP contribution in [0.5, 0.6) is 0 Å². The van der Waals surface area contributed by atoms with Crippen molar-refractivity contribution < 1.29 is 9.90 Å². The molecule has 1 rings (SSSR count). The molecule has 0 amide bonds. The summed E-state index contributed by atoms with van der Waals surface area (Å²) in [5, 5.41) is 8.60. The Morgan fingerprint density at radius 3 is 2.50 bits per heavy atom. The van der Waals surface area contributed by atoms with E-state index in [0.29, 0.717) is 6.42 Å². The van der Waals surface area contributed by atoms with Crippen LogP contribution in [0, 0.1) is 0 Å². The molecule has 3 heteroatoms. The number of carboxylic acids is 1. The van der Waals surface area contributed by atoms with E-state index in [2.05, 4.69) is 6.58 Å². The van der Waals surface area contributed by atoms with E-state index < -0.39 is 12.0 Å². The molecule has 3 nitrogen and oxygen atoms in total. The summed E-state index contributed by atoms with van der Waals surface area (Å²) < 4.78 is 0. The number of nitrogens with two attached hydrogens (primary N) is 1. The van der Waals surface area contributed by atoms with Gasteiger partial charge in [-0.1, -0.05) is 36.9 Å². The van der Waals surface area contributed by atoms with Crippen molar-refractivity contribution in [3.8, 4) is 0 Å². The predicted octanol–water partition coefficient (Wildman–Crippen LogP) is 1.28. The lowest BCUT2D eigenvalue weighted by atomic mass is 10.0. The summed E-state index contributed by atoms with van der Waals surface area (Å²) in [4.78, 5) is 10.5. The van der Waals surface area contributed by atoms with E-state index in [1.54, 1.807) is 6.08 Å². The molecule has 1 atom stereocenters. The Hall–Kier alpha value is -1.61. The largest absolute Gasteiger partial charge is 0.480 e. The van der Waals surface area contributed by atoms with Crippen molar-refractivity contribution in [1.82, 2.24) is 0 Å². The Morgan fingerprint density at radius 2 is 2.07 bits per heavy atom. The molecule has 0 spiro atoms. The van der Waals surface area contributed by atoms with Gasteiger partial charge in [0.2, 0.25) is 0 Å². The van der Waals surface area contributed by atoms with E-state index in [0.717, 1.165) is 11.1 Å². The van der Waals surface area contributed by atoms with Gasteiger partial charge in [-0.25, -0.2) is 0 Å². The molecule has 0 radical (unpaired) electrons. The highest BCUT2D eigenvalue weighted by Crippen LogP contribution is 2.07. The molecule has 0 saturated heterocycles. The maximum atomic E-state index is 10.5. The van der Waals surface area contributed by atoms with Gasteiger partial charge < -0.3 is 10.8 Å². The van der Waals surface area contributed by atoms with Crippen LogP contribution < -0.4 is 5.73 Å². The molecule has 0 heterocycles. The third-order valence-electron chi connectivity index (χ3n) is 1.99. The van der Waals surface area contributed by atoms with Crippen LogP contribution in [-0.2, 0) is 11.2 Å². The maximum Gasteiger partial charge on any atom is 0.320 e. The minimum Gasteiger partial charge on any atom is -0.480 e. The molecule has 0 aliphatic rings. The smallest absolute Gasteiger partial charge is 0.320 e. The first kappa shape index (κ1) is 10.5. The summed E-state index contributed by atoms with van der Waals surface area (Å²) in [7, 11) is 0. The second kappa shape index (κ2) is 4.58. The quantitative estimate of drug-likeness (QED) is 0.753. The van der Waals surface area contributed by atoms with Gasteiger partial charge in [0.25, 0.3) is 0 Å². The maximum absolute atomic E-state index is 10.5. The Balaban J connectivity index is 2.68. The van der Waals surface area contributed by atoms with Crippen molar-refractivity contribution >= 4 is 12.0 Å². The van der Waals surface area contributed by atoms with Crippen LogP contribution in [0.4, 0.5) is 0 Å². The fourth-order valence-electron chi connectivity index (χ4n) is 1.13. The van der Waals surface area contributed by atoms with Gasteiger partial charge >= 0.3 is 5.97 Å². The lowest BCUT2D eigenvalue weighted by Crippen LogP contribution is -2.32. The van der Waals surface area contributed by atoms with E-state index in [-0.39, 0.29) is 0 Å². The standard InChI is InChI=1S/C11H13NO2/c1-2-8-3-5-9(6-4-8)7-10(12)11(13)14/h2-6,10H,1,7,12H2,(H,13,14). The third kappa shape index (κ3) is 2.71. The van der Waals surface area contributed by atoms with Crippen molar-refractivity contribution in [1.29, 1.82) is 0 Å². The molecular formula is C11H13NO2. The number of hydrogen-bond acceptors (Lipinski definition) is 2. The highest BCUT2D eigenvalue weighted by Gasteiger charge is 2.11. The van der Waals surface area contributed by atoms with Gasteiger partial charge in [-0.2, -0.15) is 0 Å². The number of hydrogen-bond donors (Lipinski definition) is 2. The second-order valence-electron chi connectivity index (χ2n) is 3.09. The zero-order chi connectivity index (χ0) is 10.6. The SMILES string of the molecule is C=Cc1ccc(CC(N)C(=O)O)cc1. The topological polar surface area (TPSA) is 63.3 Å². The minimum absolute atomic E-state index is 0.354. The molecule has 0 aromatic heterocycles. The molecule has 74 valence electrons. The summed E-state index contributed by atoms with van der Waals surface area (Å²) in [6.45, 7) is 3.63. The number of carbonyl (C=O) groups is 1. The number of rotatable bonds is 4. The van der Waals surface area contributed by atoms with Crippen LogP contribution in [0.25, 0.3) is 6.08 Å². The Kier molecular flexibility index (Phi) is 3.42. The highest BCUT2D eigenvalue weighted by molar-refractivity contribution is 5.73. The molecule has 1 aromatic carbocycles. The van der Waals surface area contributed by atoms with Crippen molar-refractivity contribution in [2.75, 3.05) is 0 Å². The van der Waals surface area contributed by atoms with Crippen molar-refractivity contribution in [2.24, 2.45) is 5.73 Å². The van der Waals surface area contributed by atoms with Crippen molar-refractivity contribution in [3.05, 3.63) is 42.0 Å². The van der Waals surface area contributed by atoms with Crippen molar-refractivity contribution in [3.63, 3.8) is 0 Å². The summed E-state index contributed by atoms with van der Waals surface area (Å²) in [6, 6.07) is 6.66. The van der Waals surface area contributed by atoms with Crippen LogP contribution in [0.1, 0.15) is 11.1 Å². The molecule has 1 unspecified atom stereocenters. The predicted molar refractivity (Wildman–Crippen MR) is 55.8 cm³/mol. The fraction of sp³-hybridized carbons (Fsp3) is 0.182. The average Bonchev–Trinajstić information content (AvgIpc) is 2.19. The van der Waals surface area contributed by atoms with E-state index in [9.17, 15) is 4.79 Å². The number of benzene rings is 1. The van der Waals surface area contributed by atoms with Crippen LogP contribution in [0.15, 0.2) is 30.8 Å². The summed E-state index contributed by atoms with van der Waals surface area (Å²) in [5.41, 5.74) is 7.33. The summed E-state index contributed by atoms with van der Waals surface area (Å²) in [5.74, 6) is -0.974. The minimum atomic E-state index is -0.974. The zero-order valence-electron chi connectivity index (χ0n) is 7.81. The Labute approximate surface area is 82.9 Å². The average molecular weight is 191 g/mol. The number of carboxylic acid groups (broad SMARTS) is 1. The van der Waals surface area contributed by atoms with Crippen LogP contribution >= 0.6 is 0 Å². The van der Waals surface area contributed by atoms with Gasteiger partial charge in [-0.15, -0.1) is 0 Å². The Bertz CT molecular complexity index is 330. The van der Waals surface area contributed by atoms with Crippen LogP contribution in [0.3, 0.4) is 0 Å². The molecule has 1 aromatic rings. The first-order chi connectivity index (χ1) is 6.63. The third-order valence-corrected chi connectivity index (χ3v) is 1.99. The fourth-order valence-corrected chi connectivity index (χ4v) is 1.13. The van der Waals surface area contributed by atoms with E-state index in [1.165, 1.54) is 0 Å². The molecule has 0 aliphatic heterocycles. The van der Waals surface area contributed by atoms with E-state index in [1.807, 2.05) is 24.3 Å². The van der Waals surface area contributed by atoms with E-state index >= 15 is 0 Å². The normalized spacial score (nSPS) is 12.1. The molecular weight excluding hydrogens is 178 g/mol. The Morgan fingerprint density at radius 1 is 1.50 bits per heavy atom. The molecule has 0 bridgehead atoms. The number of aliphatic carboxylic acids is 1. The summed E-state index contributed by atoms with van der Waals surface area (Å²) >= 11 is 0. The molecule has 14 heavy (non-hydrogen) atoms. The summed E-state index contributed by atoms with van der Waals surface area (Å²) in [6.07, 6.45) is 2.09. The molecule has 0 fully saturated rings. The molecule has 0 aliphatic carbocycles. The van der Waals surface area contributed by atoms with Crippen molar-refractivity contribution in [2.45, 2.75) is 12.5 Å². The lowest BCUT2D eigenvalue weighted by Gasteiger charge is -2.06. The molecule has 3 N–H and O–H groups in total. The highest BCUT2D eigenvalue weighted by atomic mass is 16.4. The van der Waals surface area contributed by atoms with Crippen LogP contribution in [0.2, 0.25) is 0 Å². The van der Waals surface area contributed by atoms with Gasteiger partial charge in [0.1, 0.15) is 6.04 Å². The van der Waals surface area contributed by atoms with E-state index in [4.69, 9.17) is 10.8 Å². The van der Waals surface area contributed by atoms with Crippen LogP contribution in [-0.4, -0.2) is 17.1 Å². The van der Waals surface area contributed by atoms with Gasteiger partial charge in [0.05, 0.1) is 0 Å². The van der Waals surface area contributed by atoms with Gasteiger partial charge in [0.15, 0.2) is 0 Å².